The normalized spacial score (nSPS) is 15.0. The van der Waals surface area contributed by atoms with Gasteiger partial charge in [-0.15, -0.1) is 0 Å². The summed E-state index contributed by atoms with van der Waals surface area (Å²) in [6.45, 7) is 6.30. The molecule has 8 nitrogen and oxygen atoms in total. The lowest BCUT2D eigenvalue weighted by atomic mass is 10.1. The molecule has 8 heteroatoms. The van der Waals surface area contributed by atoms with Crippen LogP contribution < -0.4 is 24.0 Å². The zero-order valence-electron chi connectivity index (χ0n) is 18.6. The Morgan fingerprint density at radius 1 is 0.969 bits per heavy atom. The van der Waals surface area contributed by atoms with Gasteiger partial charge >= 0.3 is 6.09 Å². The second-order valence-electron chi connectivity index (χ2n) is 8.42. The molecule has 0 radical (unpaired) electrons. The molecule has 2 amide bonds. The number of nitrogens with zero attached hydrogens (tertiary/aromatic N) is 2. The average molecular weight is 438 g/mol. The summed E-state index contributed by atoms with van der Waals surface area (Å²) in [5, 5.41) is 0. The molecular weight excluding hydrogens is 412 g/mol. The van der Waals surface area contributed by atoms with Crippen molar-refractivity contribution in [3.05, 3.63) is 48.0 Å². The number of carbonyl (C=O) groups excluding carboxylic acids is 2. The molecule has 0 spiro atoms. The van der Waals surface area contributed by atoms with Gasteiger partial charge in [0.2, 0.25) is 6.79 Å². The van der Waals surface area contributed by atoms with Gasteiger partial charge in [0.1, 0.15) is 11.4 Å². The molecule has 32 heavy (non-hydrogen) atoms. The van der Waals surface area contributed by atoms with Crippen molar-refractivity contribution >= 4 is 29.5 Å². The van der Waals surface area contributed by atoms with E-state index in [4.69, 9.17) is 18.9 Å². The summed E-state index contributed by atoms with van der Waals surface area (Å²) in [5.74, 6) is 1.72. The van der Waals surface area contributed by atoms with Gasteiger partial charge in [0.15, 0.2) is 11.5 Å². The summed E-state index contributed by atoms with van der Waals surface area (Å²) in [6.07, 6.45) is 2.78. The van der Waals surface area contributed by atoms with E-state index in [0.29, 0.717) is 41.7 Å². The fraction of sp³-hybridized carbons (Fsp3) is 0.333. The molecule has 2 aliphatic rings. The van der Waals surface area contributed by atoms with E-state index in [0.717, 1.165) is 5.56 Å². The number of fused-ring (bicyclic) bond motifs is 2. The minimum absolute atomic E-state index is 0.196. The lowest BCUT2D eigenvalue weighted by Crippen LogP contribution is -2.47. The number of benzene rings is 2. The zero-order chi connectivity index (χ0) is 22.9. The van der Waals surface area contributed by atoms with Crippen LogP contribution in [0.4, 0.5) is 16.2 Å². The Kier molecular flexibility index (Phi) is 5.69. The van der Waals surface area contributed by atoms with Gasteiger partial charge in [-0.05, 0) is 56.7 Å². The molecule has 0 unspecified atom stereocenters. The van der Waals surface area contributed by atoms with Crippen molar-refractivity contribution in [1.29, 1.82) is 0 Å². The lowest BCUT2D eigenvalue weighted by molar-refractivity contribution is -0.114. The molecule has 2 aliphatic heterocycles. The van der Waals surface area contributed by atoms with Crippen LogP contribution in [0.5, 0.6) is 17.2 Å². The van der Waals surface area contributed by atoms with Gasteiger partial charge in [-0.2, -0.15) is 0 Å². The largest absolute Gasteiger partial charge is 0.497 e. The fourth-order valence-electron chi connectivity index (χ4n) is 3.53. The highest BCUT2D eigenvalue weighted by molar-refractivity contribution is 6.08. The summed E-state index contributed by atoms with van der Waals surface area (Å²) in [4.78, 5) is 29.0. The first-order valence-corrected chi connectivity index (χ1v) is 10.3. The standard InChI is InChI=1S/C24H26N2O6/c1-24(2,3)32-23(28)26-12-11-25(19-14-17(29-4)7-8-18(19)26)22(27)10-6-16-5-9-20-21(13-16)31-15-30-20/h5-10,13-14H,11-12,15H2,1-4H3. The smallest absolute Gasteiger partial charge is 0.414 e. The van der Waals surface area contributed by atoms with Crippen LogP contribution in [0.3, 0.4) is 0 Å². The number of amides is 2. The van der Waals surface area contributed by atoms with E-state index in [9.17, 15) is 9.59 Å². The molecule has 0 fully saturated rings. The Morgan fingerprint density at radius 3 is 2.47 bits per heavy atom. The van der Waals surface area contributed by atoms with Crippen LogP contribution in [0.15, 0.2) is 42.5 Å². The van der Waals surface area contributed by atoms with Crippen LogP contribution in [0.1, 0.15) is 26.3 Å². The fourth-order valence-corrected chi connectivity index (χ4v) is 3.53. The zero-order valence-corrected chi connectivity index (χ0v) is 18.6. The second-order valence-corrected chi connectivity index (χ2v) is 8.42. The molecule has 4 rings (SSSR count). The van der Waals surface area contributed by atoms with E-state index in [1.54, 1.807) is 41.2 Å². The predicted molar refractivity (Wildman–Crippen MR) is 121 cm³/mol. The highest BCUT2D eigenvalue weighted by atomic mass is 16.7. The molecule has 0 saturated carbocycles. The first-order chi connectivity index (χ1) is 15.2. The summed E-state index contributed by atoms with van der Waals surface area (Å²) in [7, 11) is 1.56. The van der Waals surface area contributed by atoms with Crippen LogP contribution in [-0.2, 0) is 9.53 Å². The third-order valence-corrected chi connectivity index (χ3v) is 5.01. The third kappa shape index (κ3) is 4.49. The van der Waals surface area contributed by atoms with Crippen molar-refractivity contribution in [3.63, 3.8) is 0 Å². The second kappa shape index (κ2) is 8.45. The monoisotopic (exact) mass is 438 g/mol. The van der Waals surface area contributed by atoms with Crippen LogP contribution in [0.25, 0.3) is 6.08 Å². The molecule has 2 aromatic carbocycles. The minimum Gasteiger partial charge on any atom is -0.497 e. The number of rotatable bonds is 3. The molecule has 0 atom stereocenters. The number of hydrogen-bond donors (Lipinski definition) is 0. The van der Waals surface area contributed by atoms with Crippen LogP contribution >= 0.6 is 0 Å². The number of hydrogen-bond acceptors (Lipinski definition) is 6. The maximum atomic E-state index is 13.1. The van der Waals surface area contributed by atoms with Crippen molar-refractivity contribution in [3.8, 4) is 17.2 Å². The van der Waals surface area contributed by atoms with Gasteiger partial charge in [0.05, 0.1) is 18.5 Å². The number of methoxy groups -OCH3 is 1. The van der Waals surface area contributed by atoms with Crippen molar-refractivity contribution in [2.45, 2.75) is 26.4 Å². The highest BCUT2D eigenvalue weighted by Gasteiger charge is 2.32. The first-order valence-electron chi connectivity index (χ1n) is 10.3. The Balaban J connectivity index is 1.59. The average Bonchev–Trinajstić information content (AvgIpc) is 3.23. The maximum Gasteiger partial charge on any atom is 0.414 e. The Bertz CT molecular complexity index is 1070. The van der Waals surface area contributed by atoms with Gasteiger partial charge in [-0.25, -0.2) is 4.79 Å². The SMILES string of the molecule is COc1ccc2c(c1)N(C(=O)C=Cc1ccc3c(c1)OCO3)CCN2C(=O)OC(C)(C)C. The molecule has 168 valence electrons. The van der Waals surface area contributed by atoms with E-state index in [1.165, 1.54) is 6.08 Å². The topological polar surface area (TPSA) is 77.5 Å². The predicted octanol–water partition coefficient (Wildman–Crippen LogP) is 4.23. The Morgan fingerprint density at radius 2 is 1.72 bits per heavy atom. The summed E-state index contributed by atoms with van der Waals surface area (Å²) in [5.41, 5.74) is 1.38. The van der Waals surface area contributed by atoms with E-state index >= 15 is 0 Å². The highest BCUT2D eigenvalue weighted by Crippen LogP contribution is 2.37. The van der Waals surface area contributed by atoms with Crippen LogP contribution in [0.2, 0.25) is 0 Å². The summed E-state index contributed by atoms with van der Waals surface area (Å²) >= 11 is 0. The molecule has 2 heterocycles. The Labute approximate surface area is 186 Å². The maximum absolute atomic E-state index is 13.1. The number of ether oxygens (including phenoxy) is 4. The van der Waals surface area contributed by atoms with Crippen molar-refractivity contribution in [1.82, 2.24) is 0 Å². The number of anilines is 2. The molecule has 0 aromatic heterocycles. The van der Waals surface area contributed by atoms with Gasteiger partial charge in [0.25, 0.3) is 5.91 Å². The van der Waals surface area contributed by atoms with E-state index in [-0.39, 0.29) is 12.7 Å². The van der Waals surface area contributed by atoms with Crippen molar-refractivity contribution in [2.75, 3.05) is 36.8 Å². The molecular formula is C24H26N2O6. The quantitative estimate of drug-likeness (QED) is 0.668. The summed E-state index contributed by atoms with van der Waals surface area (Å²) in [6, 6.07) is 10.8. The Hall–Kier alpha value is -3.68. The molecule has 0 N–H and O–H groups in total. The van der Waals surface area contributed by atoms with E-state index < -0.39 is 11.7 Å². The van der Waals surface area contributed by atoms with Gasteiger partial charge in [0, 0.05) is 25.2 Å². The molecule has 0 aliphatic carbocycles. The van der Waals surface area contributed by atoms with Crippen LogP contribution in [0, 0.1) is 0 Å². The number of carbonyl (C=O) groups is 2. The first kappa shape index (κ1) is 21.5. The van der Waals surface area contributed by atoms with Crippen molar-refractivity contribution in [2.24, 2.45) is 0 Å². The molecule has 0 bridgehead atoms. The van der Waals surface area contributed by atoms with Gasteiger partial charge in [-0.3, -0.25) is 9.69 Å². The van der Waals surface area contributed by atoms with E-state index in [2.05, 4.69) is 0 Å². The third-order valence-electron chi connectivity index (χ3n) is 5.01. The van der Waals surface area contributed by atoms with Gasteiger partial charge < -0.3 is 23.8 Å². The molecule has 2 aromatic rings. The van der Waals surface area contributed by atoms with Gasteiger partial charge in [-0.1, -0.05) is 6.07 Å². The van der Waals surface area contributed by atoms with Crippen LogP contribution in [-0.4, -0.2) is 44.6 Å². The molecule has 0 saturated heterocycles. The summed E-state index contributed by atoms with van der Waals surface area (Å²) < 4.78 is 21.6. The van der Waals surface area contributed by atoms with E-state index in [1.807, 2.05) is 39.0 Å². The minimum atomic E-state index is -0.621. The lowest BCUT2D eigenvalue weighted by Gasteiger charge is -2.37. The van der Waals surface area contributed by atoms with Crippen molar-refractivity contribution < 1.29 is 28.5 Å².